The molecule has 2 rings (SSSR count). The summed E-state index contributed by atoms with van der Waals surface area (Å²) in [5, 5.41) is 5.77. The highest BCUT2D eigenvalue weighted by Gasteiger charge is 2.06. The molecule has 0 fully saturated rings. The van der Waals surface area contributed by atoms with Gasteiger partial charge in [0.05, 0.1) is 5.69 Å². The average Bonchev–Trinajstić information content (AvgIpc) is 2.20. The van der Waals surface area contributed by atoms with Gasteiger partial charge in [-0.25, -0.2) is 13.9 Å². The number of aromatic nitrogens is 2. The van der Waals surface area contributed by atoms with E-state index in [1.54, 1.807) is 0 Å². The lowest BCUT2D eigenvalue weighted by molar-refractivity contribution is 0.584. The number of hydrogen-bond acceptors (Lipinski definition) is 3. The largest absolute Gasteiger partial charge is 0.394 e. The van der Waals surface area contributed by atoms with Crippen molar-refractivity contribution >= 4 is 5.69 Å². The summed E-state index contributed by atoms with van der Waals surface area (Å²) in [6.45, 7) is 0. The average molecular weight is 223 g/mol. The molecule has 16 heavy (non-hydrogen) atoms. The Kier molecular flexibility index (Phi) is 2.40. The standard InChI is InChI=1S/C10H7F2N3O/c11-6-1-5(2-7(12)3-6)9-4-8(13)10(16)15-14-9/h1-4H,(H2,13,14)(H,15,16). The van der Waals surface area contributed by atoms with Crippen LogP contribution in [0, 0.1) is 11.6 Å². The number of nitrogen functional groups attached to an aromatic ring is 1. The van der Waals surface area contributed by atoms with Gasteiger partial charge in [-0.15, -0.1) is 0 Å². The maximum Gasteiger partial charge on any atom is 0.287 e. The highest BCUT2D eigenvalue weighted by molar-refractivity contribution is 5.62. The molecule has 0 atom stereocenters. The molecule has 0 spiro atoms. The molecule has 6 heteroatoms. The molecular formula is C10H7F2N3O. The van der Waals surface area contributed by atoms with Crippen molar-refractivity contribution < 1.29 is 8.78 Å². The van der Waals surface area contributed by atoms with Gasteiger partial charge >= 0.3 is 0 Å². The van der Waals surface area contributed by atoms with Crippen LogP contribution in [0.2, 0.25) is 0 Å². The molecule has 1 heterocycles. The van der Waals surface area contributed by atoms with Crippen molar-refractivity contribution in [1.82, 2.24) is 10.2 Å². The maximum atomic E-state index is 12.9. The van der Waals surface area contributed by atoms with Gasteiger partial charge in [0.25, 0.3) is 5.56 Å². The van der Waals surface area contributed by atoms with Gasteiger partial charge in [-0.3, -0.25) is 4.79 Å². The monoisotopic (exact) mass is 223 g/mol. The van der Waals surface area contributed by atoms with Gasteiger partial charge in [0.15, 0.2) is 0 Å². The Morgan fingerprint density at radius 3 is 2.31 bits per heavy atom. The lowest BCUT2D eigenvalue weighted by Gasteiger charge is -2.01. The van der Waals surface area contributed by atoms with E-state index in [1.807, 2.05) is 0 Å². The summed E-state index contributed by atoms with van der Waals surface area (Å²) >= 11 is 0. The van der Waals surface area contributed by atoms with Crippen LogP contribution in [0.25, 0.3) is 11.3 Å². The molecule has 0 aliphatic carbocycles. The van der Waals surface area contributed by atoms with E-state index in [1.165, 1.54) is 6.07 Å². The minimum atomic E-state index is -0.721. The fourth-order valence-corrected chi connectivity index (χ4v) is 1.27. The van der Waals surface area contributed by atoms with Gasteiger partial charge in [-0.1, -0.05) is 0 Å². The predicted molar refractivity (Wildman–Crippen MR) is 54.6 cm³/mol. The first-order valence-corrected chi connectivity index (χ1v) is 4.38. The molecule has 82 valence electrons. The molecule has 2 aromatic rings. The molecule has 0 radical (unpaired) electrons. The summed E-state index contributed by atoms with van der Waals surface area (Å²) < 4.78 is 25.8. The Balaban J connectivity index is 2.58. The topological polar surface area (TPSA) is 71.8 Å². The molecule has 0 amide bonds. The zero-order chi connectivity index (χ0) is 11.7. The minimum absolute atomic E-state index is 0.0605. The fourth-order valence-electron chi connectivity index (χ4n) is 1.27. The van der Waals surface area contributed by atoms with Crippen molar-refractivity contribution in [3.63, 3.8) is 0 Å². The third kappa shape index (κ3) is 1.90. The van der Waals surface area contributed by atoms with Crippen molar-refractivity contribution in [2.45, 2.75) is 0 Å². The molecule has 0 saturated carbocycles. The Hall–Kier alpha value is -2.24. The van der Waals surface area contributed by atoms with E-state index in [9.17, 15) is 13.6 Å². The molecule has 1 aromatic carbocycles. The fraction of sp³-hybridized carbons (Fsp3) is 0. The lowest BCUT2D eigenvalue weighted by Crippen LogP contribution is -2.13. The Labute approximate surface area is 88.7 Å². The number of halogens is 2. The Morgan fingerprint density at radius 1 is 1.12 bits per heavy atom. The van der Waals surface area contributed by atoms with Gasteiger partial charge < -0.3 is 5.73 Å². The first-order chi connectivity index (χ1) is 7.56. The number of H-pyrrole nitrogens is 1. The minimum Gasteiger partial charge on any atom is -0.394 e. The number of hydrogen-bond donors (Lipinski definition) is 2. The van der Waals surface area contributed by atoms with Gasteiger partial charge in [0.1, 0.15) is 17.3 Å². The van der Waals surface area contributed by atoms with Gasteiger partial charge in [-0.2, -0.15) is 5.10 Å². The molecular weight excluding hydrogens is 216 g/mol. The van der Waals surface area contributed by atoms with E-state index in [-0.39, 0.29) is 16.9 Å². The summed E-state index contributed by atoms with van der Waals surface area (Å²) in [5.41, 5.74) is 5.17. The van der Waals surface area contributed by atoms with Crippen molar-refractivity contribution in [3.05, 3.63) is 46.3 Å². The van der Waals surface area contributed by atoms with E-state index in [4.69, 9.17) is 5.73 Å². The Bertz CT molecular complexity index is 575. The van der Waals surface area contributed by atoms with Crippen LogP contribution in [0.5, 0.6) is 0 Å². The van der Waals surface area contributed by atoms with Gasteiger partial charge in [-0.05, 0) is 18.2 Å². The highest BCUT2D eigenvalue weighted by Crippen LogP contribution is 2.19. The zero-order valence-electron chi connectivity index (χ0n) is 8.00. The zero-order valence-corrected chi connectivity index (χ0v) is 8.00. The predicted octanol–water partition coefficient (Wildman–Crippen LogP) is 1.30. The lowest BCUT2D eigenvalue weighted by atomic mass is 10.1. The van der Waals surface area contributed by atoms with Gasteiger partial charge in [0.2, 0.25) is 0 Å². The molecule has 4 nitrogen and oxygen atoms in total. The molecule has 0 unspecified atom stereocenters. The van der Waals surface area contributed by atoms with Gasteiger partial charge in [0, 0.05) is 11.6 Å². The number of nitrogens with zero attached hydrogens (tertiary/aromatic N) is 1. The van der Waals surface area contributed by atoms with E-state index < -0.39 is 17.2 Å². The molecule has 1 aromatic heterocycles. The van der Waals surface area contributed by atoms with Crippen LogP contribution in [-0.2, 0) is 0 Å². The second-order valence-electron chi connectivity index (χ2n) is 3.20. The summed E-state index contributed by atoms with van der Waals surface area (Å²) in [5.74, 6) is -1.44. The number of aromatic amines is 1. The normalized spacial score (nSPS) is 10.4. The first-order valence-electron chi connectivity index (χ1n) is 4.38. The van der Waals surface area contributed by atoms with Crippen LogP contribution in [0.3, 0.4) is 0 Å². The third-order valence-electron chi connectivity index (χ3n) is 1.99. The molecule has 0 aliphatic heterocycles. The SMILES string of the molecule is Nc1cc(-c2cc(F)cc(F)c2)n[nH]c1=O. The Morgan fingerprint density at radius 2 is 1.75 bits per heavy atom. The molecule has 0 saturated heterocycles. The van der Waals surface area contributed by atoms with Crippen molar-refractivity contribution in [2.75, 3.05) is 5.73 Å². The van der Waals surface area contributed by atoms with Crippen LogP contribution in [-0.4, -0.2) is 10.2 Å². The van der Waals surface area contributed by atoms with Crippen LogP contribution in [0.4, 0.5) is 14.5 Å². The van der Waals surface area contributed by atoms with Crippen LogP contribution < -0.4 is 11.3 Å². The number of nitrogens with one attached hydrogen (secondary N) is 1. The van der Waals surface area contributed by atoms with E-state index in [0.717, 1.165) is 18.2 Å². The third-order valence-corrected chi connectivity index (χ3v) is 1.99. The number of nitrogens with two attached hydrogens (primary N) is 1. The summed E-state index contributed by atoms with van der Waals surface area (Å²) in [6, 6.07) is 4.21. The highest BCUT2D eigenvalue weighted by atomic mass is 19.1. The summed E-state index contributed by atoms with van der Waals surface area (Å²) in [7, 11) is 0. The summed E-state index contributed by atoms with van der Waals surface area (Å²) in [4.78, 5) is 10.9. The summed E-state index contributed by atoms with van der Waals surface area (Å²) in [6.07, 6.45) is 0. The number of benzene rings is 1. The number of anilines is 1. The quantitative estimate of drug-likeness (QED) is 0.765. The molecule has 0 aliphatic rings. The smallest absolute Gasteiger partial charge is 0.287 e. The van der Waals surface area contributed by atoms with Crippen molar-refractivity contribution in [2.24, 2.45) is 0 Å². The molecule has 0 bridgehead atoms. The van der Waals surface area contributed by atoms with Crippen LogP contribution in [0.15, 0.2) is 29.1 Å². The second-order valence-corrected chi connectivity index (χ2v) is 3.20. The first kappa shape index (κ1) is 10.3. The van der Waals surface area contributed by atoms with Crippen LogP contribution in [0.1, 0.15) is 0 Å². The second kappa shape index (κ2) is 3.73. The molecule has 3 N–H and O–H groups in total. The van der Waals surface area contributed by atoms with Crippen molar-refractivity contribution in [1.29, 1.82) is 0 Å². The van der Waals surface area contributed by atoms with E-state index >= 15 is 0 Å². The van der Waals surface area contributed by atoms with Crippen LogP contribution >= 0.6 is 0 Å². The maximum absolute atomic E-state index is 12.9. The van der Waals surface area contributed by atoms with Crippen molar-refractivity contribution in [3.8, 4) is 11.3 Å². The van der Waals surface area contributed by atoms with E-state index in [2.05, 4.69) is 10.2 Å². The van der Waals surface area contributed by atoms with E-state index in [0.29, 0.717) is 0 Å². The number of rotatable bonds is 1.